The number of aromatic nitrogens is 2. The van der Waals surface area contributed by atoms with Crippen LogP contribution < -0.4 is 5.32 Å². The van der Waals surface area contributed by atoms with Gasteiger partial charge in [0.25, 0.3) is 5.91 Å². The van der Waals surface area contributed by atoms with Crippen LogP contribution in [0.3, 0.4) is 0 Å². The fourth-order valence-electron chi connectivity index (χ4n) is 1.59. The Morgan fingerprint density at radius 2 is 2.37 bits per heavy atom. The van der Waals surface area contributed by atoms with Gasteiger partial charge in [-0.1, -0.05) is 0 Å². The molecule has 2 heterocycles. The van der Waals surface area contributed by atoms with Crippen molar-refractivity contribution < 1.29 is 4.79 Å². The van der Waals surface area contributed by atoms with Crippen LogP contribution in [0.1, 0.15) is 16.6 Å². The second-order valence-corrected chi connectivity index (χ2v) is 6.04. The molecule has 0 radical (unpaired) electrons. The van der Waals surface area contributed by atoms with E-state index in [0.29, 0.717) is 4.88 Å². The molecule has 0 saturated heterocycles. The molecule has 6 heteroatoms. The second kappa shape index (κ2) is 6.68. The standard InChI is InChI=1S/C13H15N3OS2/c1-9(8-18-2)16-12(17)11-7-15-13(19-11)10-4-3-5-14-6-10/h3-7,9H,8H2,1-2H3,(H,16,17). The number of hydrogen-bond acceptors (Lipinski definition) is 5. The summed E-state index contributed by atoms with van der Waals surface area (Å²) >= 11 is 3.10. The molecule has 1 amide bonds. The van der Waals surface area contributed by atoms with E-state index in [1.165, 1.54) is 11.3 Å². The minimum absolute atomic E-state index is 0.0609. The molecule has 19 heavy (non-hydrogen) atoms. The molecule has 0 fully saturated rings. The lowest BCUT2D eigenvalue weighted by Gasteiger charge is -2.10. The average molecular weight is 293 g/mol. The summed E-state index contributed by atoms with van der Waals surface area (Å²) < 4.78 is 0. The maximum Gasteiger partial charge on any atom is 0.263 e. The van der Waals surface area contributed by atoms with Crippen LogP contribution >= 0.6 is 23.1 Å². The van der Waals surface area contributed by atoms with E-state index < -0.39 is 0 Å². The lowest BCUT2D eigenvalue weighted by Crippen LogP contribution is -2.33. The molecule has 1 unspecified atom stereocenters. The minimum Gasteiger partial charge on any atom is -0.348 e. The number of amides is 1. The maximum absolute atomic E-state index is 12.0. The minimum atomic E-state index is -0.0609. The van der Waals surface area contributed by atoms with Gasteiger partial charge in [-0.15, -0.1) is 11.3 Å². The van der Waals surface area contributed by atoms with Crippen molar-refractivity contribution >= 4 is 29.0 Å². The van der Waals surface area contributed by atoms with Crippen LogP contribution in [0.4, 0.5) is 0 Å². The van der Waals surface area contributed by atoms with Crippen molar-refractivity contribution in [2.75, 3.05) is 12.0 Å². The number of nitrogens with zero attached hydrogens (tertiary/aromatic N) is 2. The molecule has 0 aliphatic carbocycles. The third-order valence-corrected chi connectivity index (χ3v) is 4.31. The SMILES string of the molecule is CSCC(C)NC(=O)c1cnc(-c2cccnc2)s1. The van der Waals surface area contributed by atoms with E-state index in [9.17, 15) is 4.79 Å². The zero-order valence-corrected chi connectivity index (χ0v) is 12.4. The van der Waals surface area contributed by atoms with Gasteiger partial charge < -0.3 is 5.32 Å². The number of pyridine rings is 1. The van der Waals surface area contributed by atoms with Crippen molar-refractivity contribution in [3.05, 3.63) is 35.6 Å². The third kappa shape index (κ3) is 3.78. The summed E-state index contributed by atoms with van der Waals surface area (Å²) in [5.41, 5.74) is 0.934. The molecular weight excluding hydrogens is 278 g/mol. The largest absolute Gasteiger partial charge is 0.348 e. The number of nitrogens with one attached hydrogen (secondary N) is 1. The van der Waals surface area contributed by atoms with Crippen molar-refractivity contribution in [1.29, 1.82) is 0 Å². The fourth-order valence-corrected chi connectivity index (χ4v) is 2.98. The molecule has 0 aliphatic heterocycles. The number of thiazole rings is 1. The molecule has 0 aliphatic rings. The Bertz CT molecular complexity index is 542. The number of carbonyl (C=O) groups excluding carboxylic acids is 1. The Morgan fingerprint density at radius 1 is 1.53 bits per heavy atom. The summed E-state index contributed by atoms with van der Waals surface area (Å²) in [5.74, 6) is 0.842. The van der Waals surface area contributed by atoms with Gasteiger partial charge in [0.1, 0.15) is 9.88 Å². The smallest absolute Gasteiger partial charge is 0.263 e. The predicted molar refractivity (Wildman–Crippen MR) is 80.7 cm³/mol. The molecule has 0 bridgehead atoms. The Hall–Kier alpha value is -1.40. The summed E-state index contributed by atoms with van der Waals surface area (Å²) in [6.45, 7) is 2.00. The van der Waals surface area contributed by atoms with Crippen molar-refractivity contribution in [2.24, 2.45) is 0 Å². The number of thioether (sulfide) groups is 1. The van der Waals surface area contributed by atoms with E-state index >= 15 is 0 Å². The molecule has 0 spiro atoms. The topological polar surface area (TPSA) is 54.9 Å². The third-order valence-electron chi connectivity index (χ3n) is 2.43. The molecule has 0 saturated carbocycles. The van der Waals surface area contributed by atoms with E-state index in [0.717, 1.165) is 16.3 Å². The number of rotatable bonds is 5. The van der Waals surface area contributed by atoms with E-state index in [1.54, 1.807) is 30.4 Å². The van der Waals surface area contributed by atoms with E-state index in [2.05, 4.69) is 15.3 Å². The highest BCUT2D eigenvalue weighted by molar-refractivity contribution is 7.98. The van der Waals surface area contributed by atoms with E-state index in [1.807, 2.05) is 25.3 Å². The van der Waals surface area contributed by atoms with Crippen LogP contribution in [-0.2, 0) is 0 Å². The highest BCUT2D eigenvalue weighted by Gasteiger charge is 2.13. The molecule has 2 aromatic heterocycles. The normalized spacial score (nSPS) is 12.1. The number of carbonyl (C=O) groups is 1. The van der Waals surface area contributed by atoms with Crippen LogP contribution in [0.5, 0.6) is 0 Å². The Morgan fingerprint density at radius 3 is 3.05 bits per heavy atom. The Labute approximate surface area is 120 Å². The van der Waals surface area contributed by atoms with E-state index in [-0.39, 0.29) is 11.9 Å². The first-order valence-electron chi connectivity index (χ1n) is 5.86. The van der Waals surface area contributed by atoms with Crippen molar-refractivity contribution in [3.63, 3.8) is 0 Å². The molecular formula is C13H15N3OS2. The van der Waals surface area contributed by atoms with Gasteiger partial charge in [-0.25, -0.2) is 4.98 Å². The predicted octanol–water partition coefficient (Wildman–Crippen LogP) is 2.69. The first-order chi connectivity index (χ1) is 9.20. The van der Waals surface area contributed by atoms with Crippen LogP contribution in [0.15, 0.2) is 30.7 Å². The molecule has 0 aromatic carbocycles. The molecule has 1 N–H and O–H groups in total. The van der Waals surface area contributed by atoms with E-state index in [4.69, 9.17) is 0 Å². The molecule has 100 valence electrons. The van der Waals surface area contributed by atoms with Gasteiger partial charge in [0.15, 0.2) is 0 Å². The van der Waals surface area contributed by atoms with Crippen molar-refractivity contribution in [1.82, 2.24) is 15.3 Å². The Balaban J connectivity index is 2.07. The van der Waals surface area contributed by atoms with Gasteiger partial charge in [-0.2, -0.15) is 11.8 Å². The average Bonchev–Trinajstić information content (AvgIpc) is 2.89. The van der Waals surface area contributed by atoms with Crippen molar-refractivity contribution in [2.45, 2.75) is 13.0 Å². The molecule has 1 atom stereocenters. The lowest BCUT2D eigenvalue weighted by atomic mass is 10.3. The molecule has 4 nitrogen and oxygen atoms in total. The molecule has 2 aromatic rings. The van der Waals surface area contributed by atoms with Crippen LogP contribution in [0.25, 0.3) is 10.6 Å². The zero-order chi connectivity index (χ0) is 13.7. The highest BCUT2D eigenvalue weighted by Crippen LogP contribution is 2.24. The monoisotopic (exact) mass is 293 g/mol. The first-order valence-corrected chi connectivity index (χ1v) is 8.07. The van der Waals surface area contributed by atoms with Gasteiger partial charge in [0.05, 0.1) is 6.20 Å². The summed E-state index contributed by atoms with van der Waals surface area (Å²) in [5, 5.41) is 3.77. The van der Waals surface area contributed by atoms with Gasteiger partial charge in [-0.3, -0.25) is 9.78 Å². The highest BCUT2D eigenvalue weighted by atomic mass is 32.2. The second-order valence-electron chi connectivity index (χ2n) is 4.10. The van der Waals surface area contributed by atoms with Gasteiger partial charge >= 0.3 is 0 Å². The van der Waals surface area contributed by atoms with Crippen LogP contribution in [0.2, 0.25) is 0 Å². The summed E-state index contributed by atoms with van der Waals surface area (Å²) in [6.07, 6.45) is 7.11. The Kier molecular flexibility index (Phi) is 4.93. The van der Waals surface area contributed by atoms with Gasteiger partial charge in [-0.05, 0) is 25.3 Å². The quantitative estimate of drug-likeness (QED) is 0.921. The van der Waals surface area contributed by atoms with Gasteiger partial charge in [0, 0.05) is 29.8 Å². The zero-order valence-electron chi connectivity index (χ0n) is 10.8. The lowest BCUT2D eigenvalue weighted by molar-refractivity contribution is 0.0947. The number of hydrogen-bond donors (Lipinski definition) is 1. The van der Waals surface area contributed by atoms with Crippen LogP contribution in [-0.4, -0.2) is 33.9 Å². The van der Waals surface area contributed by atoms with Crippen molar-refractivity contribution in [3.8, 4) is 10.6 Å². The summed E-state index contributed by atoms with van der Waals surface area (Å²) in [4.78, 5) is 21.0. The molecule has 2 rings (SSSR count). The van der Waals surface area contributed by atoms with Crippen LogP contribution in [0, 0.1) is 0 Å². The van der Waals surface area contributed by atoms with Gasteiger partial charge in [0.2, 0.25) is 0 Å². The first kappa shape index (κ1) is 14.0. The summed E-state index contributed by atoms with van der Waals surface area (Å²) in [6, 6.07) is 3.95. The maximum atomic E-state index is 12.0. The fraction of sp³-hybridized carbons (Fsp3) is 0.308. The summed E-state index contributed by atoms with van der Waals surface area (Å²) in [7, 11) is 0.